The van der Waals surface area contributed by atoms with Gasteiger partial charge in [-0.3, -0.25) is 0 Å². The zero-order valence-corrected chi connectivity index (χ0v) is 19.2. The molecule has 2 aromatic heterocycles. The van der Waals surface area contributed by atoms with Crippen molar-refractivity contribution in [2.24, 2.45) is 0 Å². The van der Waals surface area contributed by atoms with Crippen LogP contribution in [0.25, 0.3) is 11.0 Å². The summed E-state index contributed by atoms with van der Waals surface area (Å²) in [6.45, 7) is 7.29. The van der Waals surface area contributed by atoms with Crippen LogP contribution in [0.4, 0.5) is 0 Å². The minimum absolute atomic E-state index is 0.261. The van der Waals surface area contributed by atoms with E-state index in [9.17, 15) is 8.42 Å². The summed E-state index contributed by atoms with van der Waals surface area (Å²) in [5, 5.41) is 0.885. The Morgan fingerprint density at radius 2 is 1.71 bits per heavy atom. The number of aryl methyl sites for hydroxylation is 1. The van der Waals surface area contributed by atoms with Gasteiger partial charge in [-0.25, -0.2) is 17.4 Å². The Morgan fingerprint density at radius 3 is 2.35 bits per heavy atom. The molecule has 0 radical (unpaired) electrons. The van der Waals surface area contributed by atoms with Crippen molar-refractivity contribution in [1.82, 2.24) is 8.96 Å². The third-order valence-electron chi connectivity index (χ3n) is 6.16. The molecule has 0 unspecified atom stereocenters. The summed E-state index contributed by atoms with van der Waals surface area (Å²) >= 11 is 0. The zero-order valence-electron chi connectivity index (χ0n) is 18.4. The second-order valence-electron chi connectivity index (χ2n) is 7.95. The lowest BCUT2D eigenvalue weighted by atomic mass is 9.81. The van der Waals surface area contributed by atoms with Crippen LogP contribution in [0.1, 0.15) is 56.6 Å². The molecule has 5 rings (SSSR count). The summed E-state index contributed by atoms with van der Waals surface area (Å²) in [5.74, 6) is 0.00984. The van der Waals surface area contributed by atoms with Gasteiger partial charge in [0.25, 0.3) is 10.0 Å². The van der Waals surface area contributed by atoms with Crippen LogP contribution in [0, 0.1) is 6.92 Å². The number of ether oxygens (including phenoxy) is 2. The molecular weight excluding hydrogens is 412 g/mol. The monoisotopic (exact) mass is 442 g/mol. The quantitative estimate of drug-likeness (QED) is 0.570. The van der Waals surface area contributed by atoms with Crippen LogP contribution in [0.15, 0.2) is 53.7 Å². The van der Waals surface area contributed by atoms with Gasteiger partial charge in [-0.2, -0.15) is 0 Å². The maximum absolute atomic E-state index is 13.1. The Bertz CT molecular complexity index is 1140. The second kappa shape index (κ2) is 8.73. The molecule has 1 aliphatic carbocycles. The van der Waals surface area contributed by atoms with Crippen LogP contribution in [-0.2, 0) is 19.5 Å². The van der Waals surface area contributed by atoms with Gasteiger partial charge >= 0.3 is 0 Å². The van der Waals surface area contributed by atoms with Crippen molar-refractivity contribution in [3.05, 3.63) is 59.9 Å². The molecule has 0 amide bonds. The molecule has 2 aliphatic rings. The maximum atomic E-state index is 13.1. The Labute approximate surface area is 184 Å². The number of fused-ring (bicyclic) bond motifs is 1. The molecule has 1 aromatic carbocycles. The standard InChI is InChI=1S/C22H24N2O4S.C2H6/c1-16-15-24(29(25,26)19-5-3-2-4-6-19)21-20(16)13-18(14-23-21)17-7-9-22(10-8-17)27-11-12-28-22;1-2/h2-6,13-15,17H,7-12H2,1H3;1-2H3. The summed E-state index contributed by atoms with van der Waals surface area (Å²) in [6.07, 6.45) is 7.23. The summed E-state index contributed by atoms with van der Waals surface area (Å²) < 4.78 is 39.1. The van der Waals surface area contributed by atoms with Gasteiger partial charge in [0, 0.05) is 30.6 Å². The van der Waals surface area contributed by atoms with Crippen molar-refractivity contribution >= 4 is 21.1 Å². The smallest absolute Gasteiger partial charge is 0.269 e. The Morgan fingerprint density at radius 1 is 1.06 bits per heavy atom. The minimum Gasteiger partial charge on any atom is -0.348 e. The van der Waals surface area contributed by atoms with E-state index in [2.05, 4.69) is 11.1 Å². The third-order valence-corrected chi connectivity index (χ3v) is 7.83. The van der Waals surface area contributed by atoms with Crippen molar-refractivity contribution in [1.29, 1.82) is 0 Å². The van der Waals surface area contributed by atoms with Crippen LogP contribution in [-0.4, -0.2) is 36.4 Å². The lowest BCUT2D eigenvalue weighted by Crippen LogP contribution is -2.34. The lowest BCUT2D eigenvalue weighted by molar-refractivity contribution is -0.178. The van der Waals surface area contributed by atoms with Crippen LogP contribution >= 0.6 is 0 Å². The first-order valence-corrected chi connectivity index (χ1v) is 12.5. The topological polar surface area (TPSA) is 70.4 Å². The summed E-state index contributed by atoms with van der Waals surface area (Å²) in [4.78, 5) is 4.84. The second-order valence-corrected chi connectivity index (χ2v) is 9.76. The van der Waals surface area contributed by atoms with E-state index < -0.39 is 10.0 Å². The number of hydrogen-bond acceptors (Lipinski definition) is 5. The van der Waals surface area contributed by atoms with Gasteiger partial charge in [-0.1, -0.05) is 32.0 Å². The predicted molar refractivity (Wildman–Crippen MR) is 121 cm³/mol. The van der Waals surface area contributed by atoms with E-state index in [1.165, 1.54) is 3.97 Å². The Kier molecular flexibility index (Phi) is 6.19. The van der Waals surface area contributed by atoms with E-state index in [-0.39, 0.29) is 10.7 Å². The van der Waals surface area contributed by atoms with Crippen molar-refractivity contribution in [2.45, 2.75) is 63.1 Å². The number of pyridine rings is 1. The van der Waals surface area contributed by atoms with Crippen molar-refractivity contribution < 1.29 is 17.9 Å². The van der Waals surface area contributed by atoms with Crippen LogP contribution in [0.5, 0.6) is 0 Å². The average Bonchev–Trinajstić information content (AvgIpc) is 3.41. The average molecular weight is 443 g/mol. The highest BCUT2D eigenvalue weighted by molar-refractivity contribution is 7.90. The molecule has 2 fully saturated rings. The highest BCUT2D eigenvalue weighted by Gasteiger charge is 2.40. The number of benzene rings is 1. The van der Waals surface area contributed by atoms with Gasteiger partial charge in [0.2, 0.25) is 0 Å². The molecule has 1 saturated carbocycles. The van der Waals surface area contributed by atoms with E-state index in [0.29, 0.717) is 24.8 Å². The summed E-state index contributed by atoms with van der Waals surface area (Å²) in [5.41, 5.74) is 2.54. The Hall–Kier alpha value is -2.22. The summed E-state index contributed by atoms with van der Waals surface area (Å²) in [7, 11) is -3.68. The molecule has 7 heteroatoms. The molecular formula is C24H30N2O4S. The predicted octanol–water partition coefficient (Wildman–Crippen LogP) is 5.01. The third kappa shape index (κ3) is 4.02. The molecule has 1 saturated heterocycles. The van der Waals surface area contributed by atoms with Gasteiger partial charge in [0.1, 0.15) is 0 Å². The number of rotatable bonds is 3. The molecule has 0 N–H and O–H groups in total. The fourth-order valence-corrected chi connectivity index (χ4v) is 5.93. The summed E-state index contributed by atoms with van der Waals surface area (Å²) in [6, 6.07) is 10.6. The van der Waals surface area contributed by atoms with E-state index in [0.717, 1.165) is 42.2 Å². The molecule has 0 bridgehead atoms. The largest absolute Gasteiger partial charge is 0.348 e. The molecule has 6 nitrogen and oxygen atoms in total. The van der Waals surface area contributed by atoms with Crippen molar-refractivity contribution in [2.75, 3.05) is 13.2 Å². The van der Waals surface area contributed by atoms with E-state index >= 15 is 0 Å². The molecule has 1 spiro atoms. The van der Waals surface area contributed by atoms with E-state index in [1.807, 2.05) is 27.0 Å². The lowest BCUT2D eigenvalue weighted by Gasteiger charge is -2.35. The van der Waals surface area contributed by atoms with Gasteiger partial charge in [0.05, 0.1) is 18.1 Å². The van der Waals surface area contributed by atoms with Gasteiger partial charge in [-0.05, 0) is 55.0 Å². The van der Waals surface area contributed by atoms with Crippen LogP contribution in [0.2, 0.25) is 0 Å². The van der Waals surface area contributed by atoms with Crippen LogP contribution < -0.4 is 0 Å². The molecule has 3 aromatic rings. The highest BCUT2D eigenvalue weighted by atomic mass is 32.2. The molecule has 3 heterocycles. The fraction of sp³-hybridized carbons (Fsp3) is 0.458. The molecule has 0 atom stereocenters. The minimum atomic E-state index is -3.68. The number of aromatic nitrogens is 2. The first-order chi connectivity index (χ1) is 15.0. The highest BCUT2D eigenvalue weighted by Crippen LogP contribution is 2.42. The number of nitrogens with zero attached hydrogens (tertiary/aromatic N) is 2. The fourth-order valence-electron chi connectivity index (χ4n) is 4.54. The number of hydrogen-bond donors (Lipinski definition) is 0. The van der Waals surface area contributed by atoms with Crippen LogP contribution in [0.3, 0.4) is 0 Å². The van der Waals surface area contributed by atoms with Gasteiger partial charge in [0.15, 0.2) is 11.4 Å². The van der Waals surface area contributed by atoms with E-state index in [4.69, 9.17) is 9.47 Å². The van der Waals surface area contributed by atoms with E-state index in [1.54, 1.807) is 36.5 Å². The van der Waals surface area contributed by atoms with Gasteiger partial charge in [-0.15, -0.1) is 0 Å². The molecule has 166 valence electrons. The van der Waals surface area contributed by atoms with Gasteiger partial charge < -0.3 is 9.47 Å². The zero-order chi connectivity index (χ0) is 22.1. The maximum Gasteiger partial charge on any atom is 0.269 e. The normalized spacial score (nSPS) is 18.8. The first kappa shape index (κ1) is 22.0. The molecule has 1 aliphatic heterocycles. The first-order valence-electron chi connectivity index (χ1n) is 11.0. The van der Waals surface area contributed by atoms with Crippen molar-refractivity contribution in [3.8, 4) is 0 Å². The Balaban J connectivity index is 0.00000112. The van der Waals surface area contributed by atoms with Crippen molar-refractivity contribution in [3.63, 3.8) is 0 Å². The molecule has 31 heavy (non-hydrogen) atoms. The SMILES string of the molecule is CC.Cc1cn(S(=O)(=O)c2ccccc2)c2ncc(C3CCC4(CC3)OCCO4)cc12.